The SMILES string of the molecule is Cc1cc(OC(=O)c2ccc(NC3=C(Cl)C(=O)N(c4ccccc4C)C3=O)cc2)ccc1Cl. The van der Waals surface area contributed by atoms with Crippen molar-refractivity contribution in [3.05, 3.63) is 99.2 Å². The summed E-state index contributed by atoms with van der Waals surface area (Å²) in [5, 5.41) is 3.27. The molecule has 0 spiro atoms. The van der Waals surface area contributed by atoms with Crippen molar-refractivity contribution in [1.82, 2.24) is 0 Å². The van der Waals surface area contributed by atoms with Crippen molar-refractivity contribution in [2.75, 3.05) is 10.2 Å². The standard InChI is InChI=1S/C25H18Cl2N2O4/c1-14-5-3-4-6-20(14)29-23(30)21(27)22(24(29)31)28-17-9-7-16(8-10-17)25(32)33-18-11-12-19(26)15(2)13-18/h3-13,28H,1-2H3. The number of hydrogen-bond acceptors (Lipinski definition) is 5. The Morgan fingerprint density at radius 1 is 0.879 bits per heavy atom. The second kappa shape index (κ2) is 9.10. The van der Waals surface area contributed by atoms with Gasteiger partial charge in [0.2, 0.25) is 0 Å². The van der Waals surface area contributed by atoms with Crippen LogP contribution in [0.4, 0.5) is 11.4 Å². The van der Waals surface area contributed by atoms with Crippen LogP contribution in [0.15, 0.2) is 77.5 Å². The van der Waals surface area contributed by atoms with E-state index in [1.807, 2.05) is 13.0 Å². The van der Waals surface area contributed by atoms with Gasteiger partial charge in [-0.2, -0.15) is 0 Å². The van der Waals surface area contributed by atoms with E-state index in [9.17, 15) is 14.4 Å². The van der Waals surface area contributed by atoms with E-state index in [0.717, 1.165) is 16.0 Å². The Balaban J connectivity index is 1.49. The number of rotatable bonds is 5. The number of imide groups is 1. The van der Waals surface area contributed by atoms with E-state index >= 15 is 0 Å². The molecule has 0 fully saturated rings. The fourth-order valence-electron chi connectivity index (χ4n) is 3.33. The second-order valence-electron chi connectivity index (χ2n) is 7.42. The molecule has 0 aliphatic carbocycles. The van der Waals surface area contributed by atoms with Crippen molar-refractivity contribution in [1.29, 1.82) is 0 Å². The zero-order valence-corrected chi connectivity index (χ0v) is 19.2. The average Bonchev–Trinajstić information content (AvgIpc) is 3.00. The maximum absolute atomic E-state index is 12.9. The van der Waals surface area contributed by atoms with Crippen LogP contribution >= 0.6 is 23.2 Å². The van der Waals surface area contributed by atoms with Gasteiger partial charge in [-0.1, -0.05) is 41.4 Å². The summed E-state index contributed by atoms with van der Waals surface area (Å²) in [6.07, 6.45) is 0. The largest absolute Gasteiger partial charge is 0.423 e. The minimum Gasteiger partial charge on any atom is -0.423 e. The van der Waals surface area contributed by atoms with Crippen LogP contribution in [0.5, 0.6) is 5.75 Å². The molecule has 166 valence electrons. The number of ether oxygens (including phenoxy) is 1. The molecule has 2 amide bonds. The number of nitrogens with one attached hydrogen (secondary N) is 1. The first-order valence-corrected chi connectivity index (χ1v) is 10.7. The van der Waals surface area contributed by atoms with E-state index in [-0.39, 0.29) is 10.7 Å². The Morgan fingerprint density at radius 3 is 2.24 bits per heavy atom. The summed E-state index contributed by atoms with van der Waals surface area (Å²) >= 11 is 12.2. The monoisotopic (exact) mass is 480 g/mol. The number of carbonyl (C=O) groups excluding carboxylic acids is 3. The topological polar surface area (TPSA) is 75.7 Å². The van der Waals surface area contributed by atoms with Gasteiger partial charge in [0.25, 0.3) is 11.8 Å². The quantitative estimate of drug-likeness (QED) is 0.291. The average molecular weight is 481 g/mol. The lowest BCUT2D eigenvalue weighted by atomic mass is 10.2. The Bertz CT molecular complexity index is 1320. The molecule has 0 aromatic heterocycles. The van der Waals surface area contributed by atoms with Crippen LogP contribution in [0, 0.1) is 13.8 Å². The van der Waals surface area contributed by atoms with E-state index in [0.29, 0.717) is 27.7 Å². The number of nitrogens with zero attached hydrogens (tertiary/aromatic N) is 1. The van der Waals surface area contributed by atoms with Gasteiger partial charge in [0.15, 0.2) is 0 Å². The molecule has 1 aliphatic rings. The maximum Gasteiger partial charge on any atom is 0.343 e. The molecule has 1 aliphatic heterocycles. The maximum atomic E-state index is 12.9. The van der Waals surface area contributed by atoms with Crippen LogP contribution in [0.3, 0.4) is 0 Å². The van der Waals surface area contributed by atoms with Gasteiger partial charge in [0.05, 0.1) is 11.3 Å². The Kier molecular flexibility index (Phi) is 6.22. The summed E-state index contributed by atoms with van der Waals surface area (Å²) in [6, 6.07) is 18.3. The number of para-hydroxylation sites is 1. The van der Waals surface area contributed by atoms with Crippen LogP contribution in [0.2, 0.25) is 5.02 Å². The highest BCUT2D eigenvalue weighted by atomic mass is 35.5. The highest BCUT2D eigenvalue weighted by Gasteiger charge is 2.39. The van der Waals surface area contributed by atoms with Crippen LogP contribution in [0.1, 0.15) is 21.5 Å². The lowest BCUT2D eigenvalue weighted by Crippen LogP contribution is -2.32. The lowest BCUT2D eigenvalue weighted by Gasteiger charge is -2.17. The van der Waals surface area contributed by atoms with Gasteiger partial charge in [0, 0.05) is 10.7 Å². The van der Waals surface area contributed by atoms with Crippen molar-refractivity contribution in [2.24, 2.45) is 0 Å². The molecule has 0 bridgehead atoms. The first-order valence-electron chi connectivity index (χ1n) is 9.96. The number of amides is 2. The van der Waals surface area contributed by atoms with E-state index in [2.05, 4.69) is 5.32 Å². The Labute approximate surface area is 200 Å². The number of carbonyl (C=O) groups is 3. The first-order chi connectivity index (χ1) is 15.8. The van der Waals surface area contributed by atoms with Gasteiger partial charge >= 0.3 is 5.97 Å². The van der Waals surface area contributed by atoms with Crippen molar-refractivity contribution in [2.45, 2.75) is 13.8 Å². The van der Waals surface area contributed by atoms with Gasteiger partial charge in [0.1, 0.15) is 16.5 Å². The Morgan fingerprint density at radius 2 is 1.58 bits per heavy atom. The van der Waals surface area contributed by atoms with E-state index < -0.39 is 17.8 Å². The first kappa shape index (κ1) is 22.6. The summed E-state index contributed by atoms with van der Waals surface area (Å²) < 4.78 is 5.38. The summed E-state index contributed by atoms with van der Waals surface area (Å²) in [6.45, 7) is 3.62. The fraction of sp³-hybridized carbons (Fsp3) is 0.0800. The second-order valence-corrected chi connectivity index (χ2v) is 8.21. The predicted molar refractivity (Wildman–Crippen MR) is 128 cm³/mol. The molecule has 6 nitrogen and oxygen atoms in total. The molecule has 33 heavy (non-hydrogen) atoms. The van der Waals surface area contributed by atoms with Gasteiger partial charge in [-0.3, -0.25) is 9.59 Å². The third-order valence-corrected chi connectivity index (χ3v) is 5.89. The molecule has 1 heterocycles. The lowest BCUT2D eigenvalue weighted by molar-refractivity contribution is -0.120. The minimum atomic E-state index is -0.600. The molecule has 0 unspecified atom stereocenters. The van der Waals surface area contributed by atoms with Crippen molar-refractivity contribution in [3.63, 3.8) is 0 Å². The fourth-order valence-corrected chi connectivity index (χ4v) is 3.66. The van der Waals surface area contributed by atoms with Gasteiger partial charge in [-0.05, 0) is 73.5 Å². The van der Waals surface area contributed by atoms with Crippen molar-refractivity contribution >= 4 is 52.4 Å². The zero-order valence-electron chi connectivity index (χ0n) is 17.7. The van der Waals surface area contributed by atoms with Gasteiger partial charge < -0.3 is 10.1 Å². The normalized spacial score (nSPS) is 13.5. The molecule has 8 heteroatoms. The molecule has 0 atom stereocenters. The molecule has 1 N–H and O–H groups in total. The number of hydrogen-bond donors (Lipinski definition) is 1. The van der Waals surface area contributed by atoms with Crippen molar-refractivity contribution in [3.8, 4) is 5.75 Å². The summed E-state index contributed by atoms with van der Waals surface area (Å²) in [4.78, 5) is 39.0. The van der Waals surface area contributed by atoms with E-state index in [1.165, 1.54) is 0 Å². The number of benzene rings is 3. The summed E-state index contributed by atoms with van der Waals surface area (Å²) in [5.74, 6) is -1.32. The van der Waals surface area contributed by atoms with Gasteiger partial charge in [-0.25, -0.2) is 9.69 Å². The molecule has 0 radical (unpaired) electrons. The third-order valence-electron chi connectivity index (χ3n) is 5.11. The van der Waals surface area contributed by atoms with E-state index in [1.54, 1.807) is 67.6 Å². The molecule has 4 rings (SSSR count). The van der Waals surface area contributed by atoms with Crippen LogP contribution in [0.25, 0.3) is 0 Å². The molecular formula is C25H18Cl2N2O4. The Hall–Kier alpha value is -3.61. The van der Waals surface area contributed by atoms with Crippen LogP contribution in [-0.4, -0.2) is 17.8 Å². The number of halogens is 2. The van der Waals surface area contributed by atoms with Crippen LogP contribution < -0.4 is 15.0 Å². The highest BCUT2D eigenvalue weighted by Crippen LogP contribution is 2.32. The number of anilines is 2. The van der Waals surface area contributed by atoms with Crippen LogP contribution in [-0.2, 0) is 9.59 Å². The summed E-state index contributed by atoms with van der Waals surface area (Å²) in [7, 11) is 0. The highest BCUT2D eigenvalue weighted by molar-refractivity contribution is 6.53. The van der Waals surface area contributed by atoms with E-state index in [4.69, 9.17) is 27.9 Å². The minimum absolute atomic E-state index is 0.0307. The van der Waals surface area contributed by atoms with Crippen molar-refractivity contribution < 1.29 is 19.1 Å². The summed E-state index contributed by atoms with van der Waals surface area (Å²) in [5.41, 5.74) is 2.79. The molecule has 0 saturated heterocycles. The number of aryl methyl sites for hydroxylation is 2. The smallest absolute Gasteiger partial charge is 0.343 e. The zero-order chi connectivity index (χ0) is 23.7. The third kappa shape index (κ3) is 4.49. The molecular weight excluding hydrogens is 463 g/mol. The van der Waals surface area contributed by atoms with Gasteiger partial charge in [-0.15, -0.1) is 0 Å². The number of esters is 1. The predicted octanol–water partition coefficient (Wildman–Crippen LogP) is 5.61. The molecule has 0 saturated carbocycles. The molecule has 3 aromatic carbocycles. The molecule has 3 aromatic rings.